The predicted octanol–water partition coefficient (Wildman–Crippen LogP) is 4.28. The van der Waals surface area contributed by atoms with Crippen LogP contribution in [0.2, 0.25) is 0 Å². The second-order valence-electron chi connectivity index (χ2n) is 7.24. The zero-order chi connectivity index (χ0) is 22.7. The third kappa shape index (κ3) is 4.39. The Balaban J connectivity index is 1.61. The first-order valence-electron chi connectivity index (χ1n) is 9.96. The molecular weight excluding hydrogens is 446 g/mol. The first kappa shape index (κ1) is 22.0. The first-order chi connectivity index (χ1) is 15.5. The lowest BCUT2D eigenvalue weighted by Gasteiger charge is -2.25. The van der Waals surface area contributed by atoms with Gasteiger partial charge in [0.1, 0.15) is 6.54 Å². The minimum atomic E-state index is -0.301. The van der Waals surface area contributed by atoms with Crippen molar-refractivity contribution in [2.45, 2.75) is 12.5 Å². The number of hydrogen-bond donors (Lipinski definition) is 0. The summed E-state index contributed by atoms with van der Waals surface area (Å²) < 4.78 is 10.8. The molecule has 9 heteroatoms. The van der Waals surface area contributed by atoms with Crippen molar-refractivity contribution in [1.82, 2.24) is 9.91 Å². The van der Waals surface area contributed by atoms with E-state index in [0.29, 0.717) is 22.8 Å². The third-order valence-corrected chi connectivity index (χ3v) is 6.99. The Labute approximate surface area is 194 Å². The Morgan fingerprint density at radius 3 is 2.50 bits per heavy atom. The standard InChI is InChI=1S/C23H23N3O4S2/c1-25(23(28)21-7-5-11-32-21)14-22(27)26-17(13-16(24-26)20-6-4-10-31-20)15-8-9-18(29-2)19(12-15)30-3/h4-12,17H,13-14H2,1-3H3/t17-/m0/s1. The number of rotatable bonds is 7. The van der Waals surface area contributed by atoms with Crippen LogP contribution in [-0.4, -0.2) is 55.2 Å². The van der Waals surface area contributed by atoms with Crippen molar-refractivity contribution < 1.29 is 19.1 Å². The maximum atomic E-state index is 13.3. The minimum absolute atomic E-state index is 0.0677. The highest BCUT2D eigenvalue weighted by atomic mass is 32.1. The van der Waals surface area contributed by atoms with Gasteiger partial charge in [0.2, 0.25) is 0 Å². The van der Waals surface area contributed by atoms with E-state index in [4.69, 9.17) is 9.47 Å². The number of likely N-dealkylation sites (N-methyl/N-ethyl adjacent to an activating group) is 1. The average Bonchev–Trinajstić information content (AvgIpc) is 3.58. The van der Waals surface area contributed by atoms with E-state index in [1.807, 2.05) is 47.2 Å². The summed E-state index contributed by atoms with van der Waals surface area (Å²) in [6, 6.07) is 12.8. The molecule has 1 atom stereocenters. The zero-order valence-corrected chi connectivity index (χ0v) is 19.6. The second kappa shape index (κ2) is 9.54. The SMILES string of the molecule is COc1ccc([C@@H]2CC(c3cccs3)=NN2C(=O)CN(C)C(=O)c2cccs2)cc1OC. The Kier molecular flexibility index (Phi) is 6.57. The van der Waals surface area contributed by atoms with Gasteiger partial charge in [-0.05, 0) is 40.6 Å². The van der Waals surface area contributed by atoms with Gasteiger partial charge in [0, 0.05) is 13.5 Å². The summed E-state index contributed by atoms with van der Waals surface area (Å²) in [6.45, 7) is -0.0677. The number of carbonyl (C=O) groups excluding carboxylic acids is 2. The number of methoxy groups -OCH3 is 2. The molecule has 0 saturated carbocycles. The van der Waals surface area contributed by atoms with Crippen molar-refractivity contribution >= 4 is 40.2 Å². The summed E-state index contributed by atoms with van der Waals surface area (Å²) in [5.74, 6) is 0.779. The lowest BCUT2D eigenvalue weighted by atomic mass is 10.0. The Morgan fingerprint density at radius 1 is 1.09 bits per heavy atom. The molecule has 0 N–H and O–H groups in total. The van der Waals surface area contributed by atoms with E-state index in [2.05, 4.69) is 5.10 Å². The molecule has 1 aliphatic heterocycles. The van der Waals surface area contributed by atoms with Crippen molar-refractivity contribution in [3.8, 4) is 11.5 Å². The van der Waals surface area contributed by atoms with Gasteiger partial charge in [-0.15, -0.1) is 22.7 Å². The fourth-order valence-corrected chi connectivity index (χ4v) is 5.03. The molecule has 2 aromatic heterocycles. The summed E-state index contributed by atoms with van der Waals surface area (Å²) in [5, 5.41) is 9.99. The van der Waals surface area contributed by atoms with Crippen LogP contribution in [0.1, 0.15) is 32.6 Å². The summed E-state index contributed by atoms with van der Waals surface area (Å²) in [4.78, 5) is 28.9. The largest absolute Gasteiger partial charge is 0.493 e. The van der Waals surface area contributed by atoms with E-state index in [9.17, 15) is 9.59 Å². The molecule has 4 rings (SSSR count). The molecule has 3 heterocycles. The predicted molar refractivity (Wildman–Crippen MR) is 126 cm³/mol. The van der Waals surface area contributed by atoms with Crippen LogP contribution in [0.25, 0.3) is 0 Å². The molecule has 0 aliphatic carbocycles. The third-order valence-electron chi connectivity index (χ3n) is 5.21. The molecule has 0 bridgehead atoms. The second-order valence-corrected chi connectivity index (χ2v) is 9.13. The highest BCUT2D eigenvalue weighted by Gasteiger charge is 2.34. The molecule has 2 amide bonds. The highest BCUT2D eigenvalue weighted by Crippen LogP contribution is 2.38. The summed E-state index contributed by atoms with van der Waals surface area (Å²) >= 11 is 2.94. The topological polar surface area (TPSA) is 71.4 Å². The Hall–Kier alpha value is -3.17. The molecule has 0 spiro atoms. The van der Waals surface area contributed by atoms with Crippen molar-refractivity contribution in [3.63, 3.8) is 0 Å². The molecule has 1 aromatic carbocycles. The van der Waals surface area contributed by atoms with Gasteiger partial charge in [0.15, 0.2) is 11.5 Å². The van der Waals surface area contributed by atoms with Gasteiger partial charge >= 0.3 is 0 Å². The van der Waals surface area contributed by atoms with Crippen molar-refractivity contribution in [2.75, 3.05) is 27.8 Å². The molecule has 0 radical (unpaired) electrons. The first-order valence-corrected chi connectivity index (χ1v) is 11.7. The molecule has 32 heavy (non-hydrogen) atoms. The monoisotopic (exact) mass is 469 g/mol. The molecule has 3 aromatic rings. The van der Waals surface area contributed by atoms with Crippen molar-refractivity contribution in [2.24, 2.45) is 5.10 Å². The minimum Gasteiger partial charge on any atom is -0.493 e. The van der Waals surface area contributed by atoms with Crippen LogP contribution in [0.4, 0.5) is 0 Å². The van der Waals surface area contributed by atoms with Crippen LogP contribution in [0.15, 0.2) is 58.3 Å². The molecular formula is C23H23N3O4S2. The van der Waals surface area contributed by atoms with E-state index < -0.39 is 0 Å². The van der Waals surface area contributed by atoms with Crippen molar-refractivity contribution in [3.05, 3.63) is 68.5 Å². The van der Waals surface area contributed by atoms with E-state index in [1.165, 1.54) is 21.2 Å². The zero-order valence-electron chi connectivity index (χ0n) is 18.0. The molecule has 0 fully saturated rings. The molecule has 0 saturated heterocycles. The van der Waals surface area contributed by atoms with Crippen molar-refractivity contribution in [1.29, 1.82) is 0 Å². The Bertz CT molecular complexity index is 1130. The van der Waals surface area contributed by atoms with Gasteiger partial charge in [0.25, 0.3) is 11.8 Å². The normalized spacial score (nSPS) is 15.4. The number of hydrogen-bond acceptors (Lipinski definition) is 7. The van der Waals surface area contributed by atoms with Crippen LogP contribution >= 0.6 is 22.7 Å². The van der Waals surface area contributed by atoms with Gasteiger partial charge in [0.05, 0.1) is 35.7 Å². The van der Waals surface area contributed by atoms with Gasteiger partial charge in [-0.2, -0.15) is 5.10 Å². The van der Waals surface area contributed by atoms with Crippen LogP contribution < -0.4 is 9.47 Å². The number of thiophene rings is 2. The highest BCUT2D eigenvalue weighted by molar-refractivity contribution is 7.12. The molecule has 0 unspecified atom stereocenters. The average molecular weight is 470 g/mol. The van der Waals surface area contributed by atoms with E-state index in [0.717, 1.165) is 16.2 Å². The fourth-order valence-electron chi connectivity index (χ4n) is 3.59. The molecule has 1 aliphatic rings. The number of ether oxygens (including phenoxy) is 2. The number of amides is 2. The number of carbonyl (C=O) groups is 2. The molecule has 7 nitrogen and oxygen atoms in total. The summed E-state index contributed by atoms with van der Waals surface area (Å²) in [7, 11) is 4.80. The van der Waals surface area contributed by atoms with Crippen LogP contribution in [0.5, 0.6) is 11.5 Å². The maximum absolute atomic E-state index is 13.3. The number of hydrazone groups is 1. The fraction of sp³-hybridized carbons (Fsp3) is 0.261. The smallest absolute Gasteiger partial charge is 0.264 e. The summed E-state index contributed by atoms with van der Waals surface area (Å²) in [5.41, 5.74) is 1.74. The van der Waals surface area contributed by atoms with Crippen LogP contribution in [-0.2, 0) is 4.79 Å². The lowest BCUT2D eigenvalue weighted by Crippen LogP contribution is -2.39. The van der Waals surface area contributed by atoms with Gasteiger partial charge in [-0.25, -0.2) is 5.01 Å². The molecule has 166 valence electrons. The quantitative estimate of drug-likeness (QED) is 0.518. The number of nitrogens with zero attached hydrogens (tertiary/aromatic N) is 3. The van der Waals surface area contributed by atoms with Crippen LogP contribution in [0, 0.1) is 0 Å². The van der Waals surface area contributed by atoms with Gasteiger partial charge in [-0.1, -0.05) is 18.2 Å². The summed E-state index contributed by atoms with van der Waals surface area (Å²) in [6.07, 6.45) is 0.574. The van der Waals surface area contributed by atoms with Crippen LogP contribution in [0.3, 0.4) is 0 Å². The van der Waals surface area contributed by atoms with E-state index >= 15 is 0 Å². The number of benzene rings is 1. The Morgan fingerprint density at radius 2 is 1.84 bits per heavy atom. The lowest BCUT2D eigenvalue weighted by molar-refractivity contribution is -0.133. The van der Waals surface area contributed by atoms with E-state index in [-0.39, 0.29) is 24.4 Å². The van der Waals surface area contributed by atoms with Gasteiger partial charge in [-0.3, -0.25) is 9.59 Å². The van der Waals surface area contributed by atoms with E-state index in [1.54, 1.807) is 38.7 Å². The van der Waals surface area contributed by atoms with Gasteiger partial charge < -0.3 is 14.4 Å². The maximum Gasteiger partial charge on any atom is 0.264 e.